The van der Waals surface area contributed by atoms with Crippen LogP contribution in [0.5, 0.6) is 0 Å². The Morgan fingerprint density at radius 2 is 1.56 bits per heavy atom. The predicted octanol–water partition coefficient (Wildman–Crippen LogP) is 2.28. The van der Waals surface area contributed by atoms with Gasteiger partial charge in [-0.15, -0.1) is 0 Å². The van der Waals surface area contributed by atoms with Gasteiger partial charge in [0.1, 0.15) is 0 Å². The van der Waals surface area contributed by atoms with Crippen molar-refractivity contribution in [1.29, 1.82) is 0 Å². The van der Waals surface area contributed by atoms with Gasteiger partial charge in [-0.3, -0.25) is 4.90 Å². The Kier molecular flexibility index (Phi) is 4.07. The summed E-state index contributed by atoms with van der Waals surface area (Å²) >= 11 is 6.20. The van der Waals surface area contributed by atoms with E-state index >= 15 is 0 Å². The van der Waals surface area contributed by atoms with Crippen LogP contribution < -0.4 is 4.90 Å². The Morgan fingerprint density at radius 1 is 1.00 bits per heavy atom. The standard InChI is InChI=1S/C13H21ClN4/c1-9(2)17-5-7-18(8-6-17)13-12(14)15-10(3)11(4)16-13/h9H,5-8H2,1-4H3. The molecule has 100 valence electrons. The van der Waals surface area contributed by atoms with Crippen LogP contribution in [0.3, 0.4) is 0 Å². The number of aryl methyl sites for hydroxylation is 2. The number of piperazine rings is 1. The summed E-state index contributed by atoms with van der Waals surface area (Å²) in [5.41, 5.74) is 1.87. The fourth-order valence-electron chi connectivity index (χ4n) is 2.22. The maximum atomic E-state index is 6.20. The molecule has 2 rings (SSSR count). The molecule has 4 nitrogen and oxygen atoms in total. The fourth-order valence-corrected chi connectivity index (χ4v) is 2.50. The van der Waals surface area contributed by atoms with Crippen LogP contribution in [-0.2, 0) is 0 Å². The molecule has 1 aromatic rings. The largest absolute Gasteiger partial charge is 0.351 e. The molecule has 0 radical (unpaired) electrons. The van der Waals surface area contributed by atoms with Gasteiger partial charge in [0.15, 0.2) is 11.0 Å². The minimum atomic E-state index is 0.524. The summed E-state index contributed by atoms with van der Waals surface area (Å²) in [6.45, 7) is 12.4. The van der Waals surface area contributed by atoms with E-state index in [9.17, 15) is 0 Å². The van der Waals surface area contributed by atoms with Crippen molar-refractivity contribution in [3.8, 4) is 0 Å². The Hall–Kier alpha value is -0.870. The van der Waals surface area contributed by atoms with Crippen LogP contribution in [0.25, 0.3) is 0 Å². The lowest BCUT2D eigenvalue weighted by molar-refractivity contribution is 0.209. The minimum Gasteiger partial charge on any atom is -0.351 e. The Bertz CT molecular complexity index is 425. The summed E-state index contributed by atoms with van der Waals surface area (Å²) in [5, 5.41) is 0.524. The highest BCUT2D eigenvalue weighted by Crippen LogP contribution is 2.24. The molecule has 5 heteroatoms. The van der Waals surface area contributed by atoms with Gasteiger partial charge in [-0.25, -0.2) is 9.97 Å². The quantitative estimate of drug-likeness (QED) is 0.824. The van der Waals surface area contributed by atoms with Crippen molar-refractivity contribution in [2.75, 3.05) is 31.1 Å². The lowest BCUT2D eigenvalue weighted by Gasteiger charge is -2.37. The second-order valence-corrected chi connectivity index (χ2v) is 5.48. The molecule has 0 spiro atoms. The van der Waals surface area contributed by atoms with E-state index in [2.05, 4.69) is 33.6 Å². The number of nitrogens with zero attached hydrogens (tertiary/aromatic N) is 4. The maximum absolute atomic E-state index is 6.20. The first-order chi connectivity index (χ1) is 8.49. The molecular weight excluding hydrogens is 248 g/mol. The summed E-state index contributed by atoms with van der Waals surface area (Å²) < 4.78 is 0. The van der Waals surface area contributed by atoms with Gasteiger partial charge in [-0.1, -0.05) is 11.6 Å². The minimum absolute atomic E-state index is 0.524. The van der Waals surface area contributed by atoms with E-state index in [4.69, 9.17) is 11.6 Å². The molecule has 1 aliphatic heterocycles. The highest BCUT2D eigenvalue weighted by Gasteiger charge is 2.22. The Morgan fingerprint density at radius 3 is 2.11 bits per heavy atom. The van der Waals surface area contributed by atoms with Gasteiger partial charge in [0, 0.05) is 32.2 Å². The molecule has 1 saturated heterocycles. The number of anilines is 1. The van der Waals surface area contributed by atoms with E-state index in [1.807, 2.05) is 13.8 Å². The van der Waals surface area contributed by atoms with E-state index in [-0.39, 0.29) is 0 Å². The second-order valence-electron chi connectivity index (χ2n) is 5.13. The first-order valence-electron chi connectivity index (χ1n) is 6.48. The molecule has 1 aromatic heterocycles. The van der Waals surface area contributed by atoms with Gasteiger partial charge < -0.3 is 4.90 Å². The van der Waals surface area contributed by atoms with Crippen LogP contribution in [0.2, 0.25) is 5.15 Å². The highest BCUT2D eigenvalue weighted by atomic mass is 35.5. The van der Waals surface area contributed by atoms with E-state index in [1.165, 1.54) is 0 Å². The molecule has 0 N–H and O–H groups in total. The monoisotopic (exact) mass is 268 g/mol. The molecule has 1 fully saturated rings. The summed E-state index contributed by atoms with van der Waals surface area (Å²) in [6.07, 6.45) is 0. The lowest BCUT2D eigenvalue weighted by Crippen LogP contribution is -2.49. The average Bonchev–Trinajstić information content (AvgIpc) is 2.34. The van der Waals surface area contributed by atoms with Crippen LogP contribution in [-0.4, -0.2) is 47.1 Å². The van der Waals surface area contributed by atoms with Crippen molar-refractivity contribution in [3.05, 3.63) is 16.5 Å². The van der Waals surface area contributed by atoms with Crippen LogP contribution in [0.15, 0.2) is 0 Å². The number of rotatable bonds is 2. The zero-order valence-electron chi connectivity index (χ0n) is 11.6. The van der Waals surface area contributed by atoms with Crippen molar-refractivity contribution in [2.24, 2.45) is 0 Å². The SMILES string of the molecule is Cc1nc(Cl)c(N2CCN(C(C)C)CC2)nc1C. The molecule has 0 aromatic carbocycles. The first kappa shape index (κ1) is 13.6. The number of aromatic nitrogens is 2. The van der Waals surface area contributed by atoms with Gasteiger partial charge in [0.2, 0.25) is 0 Å². The fraction of sp³-hybridized carbons (Fsp3) is 0.692. The third-order valence-corrected chi connectivity index (χ3v) is 3.85. The smallest absolute Gasteiger partial charge is 0.171 e. The zero-order chi connectivity index (χ0) is 13.3. The van der Waals surface area contributed by atoms with E-state index < -0.39 is 0 Å². The molecule has 0 saturated carbocycles. The lowest BCUT2D eigenvalue weighted by atomic mass is 10.2. The number of halogens is 1. The van der Waals surface area contributed by atoms with Gasteiger partial charge in [-0.2, -0.15) is 0 Å². The topological polar surface area (TPSA) is 32.3 Å². The molecule has 0 atom stereocenters. The second kappa shape index (κ2) is 5.41. The van der Waals surface area contributed by atoms with Gasteiger partial charge >= 0.3 is 0 Å². The van der Waals surface area contributed by atoms with Gasteiger partial charge in [0.05, 0.1) is 11.4 Å². The molecule has 2 heterocycles. The van der Waals surface area contributed by atoms with Crippen molar-refractivity contribution < 1.29 is 0 Å². The summed E-state index contributed by atoms with van der Waals surface area (Å²) in [4.78, 5) is 13.6. The van der Waals surface area contributed by atoms with Gasteiger partial charge in [0.25, 0.3) is 0 Å². The highest BCUT2D eigenvalue weighted by molar-refractivity contribution is 6.31. The maximum Gasteiger partial charge on any atom is 0.171 e. The summed E-state index contributed by atoms with van der Waals surface area (Å²) in [5.74, 6) is 0.836. The Labute approximate surface area is 114 Å². The van der Waals surface area contributed by atoms with Crippen molar-refractivity contribution in [1.82, 2.24) is 14.9 Å². The molecule has 1 aliphatic rings. The normalized spacial score (nSPS) is 17.6. The molecule has 0 aliphatic carbocycles. The first-order valence-corrected chi connectivity index (χ1v) is 6.86. The van der Waals surface area contributed by atoms with Crippen molar-refractivity contribution >= 4 is 17.4 Å². The van der Waals surface area contributed by atoms with Crippen molar-refractivity contribution in [2.45, 2.75) is 33.7 Å². The average molecular weight is 269 g/mol. The molecular formula is C13H21ClN4. The molecule has 18 heavy (non-hydrogen) atoms. The molecule has 0 bridgehead atoms. The zero-order valence-corrected chi connectivity index (χ0v) is 12.3. The summed E-state index contributed by atoms with van der Waals surface area (Å²) in [7, 11) is 0. The van der Waals surface area contributed by atoms with E-state index in [1.54, 1.807) is 0 Å². The van der Waals surface area contributed by atoms with Crippen LogP contribution in [0, 0.1) is 13.8 Å². The van der Waals surface area contributed by atoms with Crippen LogP contribution in [0.4, 0.5) is 5.82 Å². The van der Waals surface area contributed by atoms with Crippen LogP contribution >= 0.6 is 11.6 Å². The predicted molar refractivity (Wildman–Crippen MR) is 75.4 cm³/mol. The molecule has 0 unspecified atom stereocenters. The third-order valence-electron chi connectivity index (χ3n) is 3.59. The van der Waals surface area contributed by atoms with E-state index in [0.717, 1.165) is 43.4 Å². The summed E-state index contributed by atoms with van der Waals surface area (Å²) in [6, 6.07) is 0.605. The number of hydrogen-bond donors (Lipinski definition) is 0. The van der Waals surface area contributed by atoms with E-state index in [0.29, 0.717) is 11.2 Å². The third kappa shape index (κ3) is 2.75. The van der Waals surface area contributed by atoms with Crippen LogP contribution in [0.1, 0.15) is 25.2 Å². The molecule has 0 amide bonds. The number of hydrogen-bond acceptors (Lipinski definition) is 4. The van der Waals surface area contributed by atoms with Crippen molar-refractivity contribution in [3.63, 3.8) is 0 Å². The van der Waals surface area contributed by atoms with Gasteiger partial charge in [-0.05, 0) is 27.7 Å². The Balaban J connectivity index is 2.12.